The van der Waals surface area contributed by atoms with Gasteiger partial charge in [-0.05, 0) is 29.6 Å². The van der Waals surface area contributed by atoms with Gasteiger partial charge in [-0.25, -0.2) is 0 Å². The van der Waals surface area contributed by atoms with Gasteiger partial charge in [0, 0.05) is 15.9 Å². The molecule has 0 aliphatic carbocycles. The lowest BCUT2D eigenvalue weighted by Crippen LogP contribution is -1.91. The van der Waals surface area contributed by atoms with Crippen LogP contribution in [0.15, 0.2) is 27.8 Å². The van der Waals surface area contributed by atoms with Crippen LogP contribution in [0, 0.1) is 0 Å². The van der Waals surface area contributed by atoms with E-state index in [1.165, 1.54) is 0 Å². The van der Waals surface area contributed by atoms with Crippen molar-refractivity contribution in [2.24, 2.45) is 5.11 Å². The molecule has 0 amide bonds. The minimum Gasteiger partial charge on any atom is -0.497 e. The first-order valence-electron chi connectivity index (χ1n) is 4.11. The Hall–Kier alpha value is -1.19. The third kappa shape index (κ3) is 2.94. The molecule has 4 nitrogen and oxygen atoms in total. The average molecular weight is 256 g/mol. The summed E-state index contributed by atoms with van der Waals surface area (Å²) in [6.45, 7) is 0.474. The predicted octanol–water partition coefficient (Wildman–Crippen LogP) is 3.31. The van der Waals surface area contributed by atoms with Gasteiger partial charge in [-0.1, -0.05) is 27.1 Å². The maximum atomic E-state index is 8.12. The molecule has 0 saturated heterocycles. The van der Waals surface area contributed by atoms with Crippen LogP contribution in [-0.4, -0.2) is 13.7 Å². The molecule has 1 aromatic rings. The summed E-state index contributed by atoms with van der Waals surface area (Å²) in [6, 6.07) is 5.73. The Bertz CT molecular complexity index is 361. The molecular formula is C9H10BrN3O. The van der Waals surface area contributed by atoms with Crippen molar-refractivity contribution in [2.75, 3.05) is 13.7 Å². The smallest absolute Gasteiger partial charge is 0.120 e. The lowest BCUT2D eigenvalue weighted by molar-refractivity contribution is 0.414. The number of hydrogen-bond acceptors (Lipinski definition) is 2. The summed E-state index contributed by atoms with van der Waals surface area (Å²) >= 11 is 3.43. The Balaban J connectivity index is 2.73. The van der Waals surface area contributed by atoms with Gasteiger partial charge in [-0.15, -0.1) is 0 Å². The summed E-state index contributed by atoms with van der Waals surface area (Å²) < 4.78 is 6.04. The lowest BCUT2D eigenvalue weighted by Gasteiger charge is -2.04. The fourth-order valence-electron chi connectivity index (χ4n) is 1.07. The van der Waals surface area contributed by atoms with Crippen molar-refractivity contribution in [1.82, 2.24) is 0 Å². The monoisotopic (exact) mass is 255 g/mol. The maximum absolute atomic E-state index is 8.12. The zero-order valence-corrected chi connectivity index (χ0v) is 9.36. The molecule has 0 spiro atoms. The van der Waals surface area contributed by atoms with Crippen molar-refractivity contribution in [3.8, 4) is 5.75 Å². The van der Waals surface area contributed by atoms with E-state index in [4.69, 9.17) is 10.3 Å². The van der Waals surface area contributed by atoms with Crippen molar-refractivity contribution in [3.63, 3.8) is 0 Å². The standard InChI is InChI=1S/C9H10BrN3O/c1-14-8-3-2-7(9(10)6-8)4-5-12-13-11/h2-3,6H,4-5H2,1H3. The van der Waals surface area contributed by atoms with E-state index in [1.54, 1.807) is 7.11 Å². The number of ether oxygens (including phenoxy) is 1. The van der Waals surface area contributed by atoms with Crippen LogP contribution in [0.4, 0.5) is 0 Å². The minimum absolute atomic E-state index is 0.474. The number of halogens is 1. The molecule has 0 aliphatic heterocycles. The molecule has 5 heteroatoms. The Kier molecular flexibility index (Phi) is 4.29. The van der Waals surface area contributed by atoms with Crippen LogP contribution in [0.5, 0.6) is 5.75 Å². The predicted molar refractivity (Wildman–Crippen MR) is 58.4 cm³/mol. The third-order valence-corrected chi connectivity index (χ3v) is 2.54. The molecule has 0 radical (unpaired) electrons. The van der Waals surface area contributed by atoms with Gasteiger partial charge in [-0.2, -0.15) is 0 Å². The summed E-state index contributed by atoms with van der Waals surface area (Å²) in [6.07, 6.45) is 0.731. The van der Waals surface area contributed by atoms with Gasteiger partial charge in [0.1, 0.15) is 5.75 Å². The summed E-state index contributed by atoms with van der Waals surface area (Å²) in [5, 5.41) is 3.48. The second-order valence-corrected chi connectivity index (χ2v) is 3.52. The number of azide groups is 1. The van der Waals surface area contributed by atoms with E-state index in [1.807, 2.05) is 18.2 Å². The number of rotatable bonds is 4. The van der Waals surface area contributed by atoms with Crippen molar-refractivity contribution >= 4 is 15.9 Å². The van der Waals surface area contributed by atoms with Crippen LogP contribution >= 0.6 is 15.9 Å². The molecule has 14 heavy (non-hydrogen) atoms. The Morgan fingerprint density at radius 3 is 2.93 bits per heavy atom. The van der Waals surface area contributed by atoms with Gasteiger partial charge in [0.2, 0.25) is 0 Å². The summed E-state index contributed by atoms with van der Waals surface area (Å²) in [5.74, 6) is 0.810. The Morgan fingerprint density at radius 2 is 2.36 bits per heavy atom. The number of benzene rings is 1. The zero-order chi connectivity index (χ0) is 10.4. The first kappa shape index (κ1) is 10.9. The minimum atomic E-state index is 0.474. The van der Waals surface area contributed by atoms with Crippen molar-refractivity contribution in [3.05, 3.63) is 38.7 Å². The normalized spacial score (nSPS) is 9.29. The van der Waals surface area contributed by atoms with Crippen molar-refractivity contribution in [2.45, 2.75) is 6.42 Å². The average Bonchev–Trinajstić information content (AvgIpc) is 2.20. The lowest BCUT2D eigenvalue weighted by atomic mass is 10.1. The van der Waals surface area contributed by atoms with Crippen LogP contribution in [0.2, 0.25) is 0 Å². The fraction of sp³-hybridized carbons (Fsp3) is 0.333. The molecule has 0 saturated carbocycles. The van der Waals surface area contributed by atoms with E-state index >= 15 is 0 Å². The van der Waals surface area contributed by atoms with Gasteiger partial charge in [-0.3, -0.25) is 0 Å². The largest absolute Gasteiger partial charge is 0.497 e. The number of hydrogen-bond donors (Lipinski definition) is 0. The van der Waals surface area contributed by atoms with Crippen molar-refractivity contribution < 1.29 is 4.74 Å². The molecule has 0 aromatic heterocycles. The highest BCUT2D eigenvalue weighted by Crippen LogP contribution is 2.23. The quantitative estimate of drug-likeness (QED) is 0.463. The highest BCUT2D eigenvalue weighted by atomic mass is 79.9. The zero-order valence-electron chi connectivity index (χ0n) is 7.77. The van der Waals surface area contributed by atoms with Gasteiger partial charge >= 0.3 is 0 Å². The molecule has 0 unspecified atom stereocenters. The number of nitrogens with zero attached hydrogens (tertiary/aromatic N) is 3. The van der Waals surface area contributed by atoms with Gasteiger partial charge in [0.05, 0.1) is 7.11 Å². The Morgan fingerprint density at radius 1 is 1.57 bits per heavy atom. The van der Waals surface area contributed by atoms with Crippen molar-refractivity contribution in [1.29, 1.82) is 0 Å². The second-order valence-electron chi connectivity index (χ2n) is 2.66. The SMILES string of the molecule is COc1ccc(CCN=[N+]=[N-])c(Br)c1. The summed E-state index contributed by atoms with van der Waals surface area (Å²) in [4.78, 5) is 2.70. The van der Waals surface area contributed by atoms with Crippen LogP contribution in [-0.2, 0) is 6.42 Å². The molecule has 0 heterocycles. The van der Waals surface area contributed by atoms with Crippen LogP contribution < -0.4 is 4.74 Å². The molecule has 0 fully saturated rings. The van der Waals surface area contributed by atoms with E-state index in [9.17, 15) is 0 Å². The second kappa shape index (κ2) is 5.52. The van der Waals surface area contributed by atoms with E-state index in [0.29, 0.717) is 6.54 Å². The highest BCUT2D eigenvalue weighted by Gasteiger charge is 2.00. The highest BCUT2D eigenvalue weighted by molar-refractivity contribution is 9.10. The van der Waals surface area contributed by atoms with Gasteiger partial charge < -0.3 is 4.74 Å². The number of methoxy groups -OCH3 is 1. The molecule has 74 valence electrons. The fourth-order valence-corrected chi connectivity index (χ4v) is 1.63. The molecule has 1 rings (SSSR count). The van der Waals surface area contributed by atoms with E-state index in [-0.39, 0.29) is 0 Å². The molecular weight excluding hydrogens is 246 g/mol. The molecule has 0 aliphatic rings. The summed E-state index contributed by atoms with van der Waals surface area (Å²) in [5.41, 5.74) is 9.23. The van der Waals surface area contributed by atoms with E-state index in [2.05, 4.69) is 26.0 Å². The summed E-state index contributed by atoms with van der Waals surface area (Å²) in [7, 11) is 1.63. The molecule has 1 aromatic carbocycles. The van der Waals surface area contributed by atoms with Gasteiger partial charge in [0.25, 0.3) is 0 Å². The van der Waals surface area contributed by atoms with E-state index in [0.717, 1.165) is 22.2 Å². The maximum Gasteiger partial charge on any atom is 0.120 e. The Labute approximate surface area is 90.6 Å². The molecule has 0 atom stereocenters. The van der Waals surface area contributed by atoms with Crippen LogP contribution in [0.3, 0.4) is 0 Å². The third-order valence-electron chi connectivity index (χ3n) is 1.80. The topological polar surface area (TPSA) is 58.0 Å². The first-order valence-corrected chi connectivity index (χ1v) is 4.90. The van der Waals surface area contributed by atoms with Crippen LogP contribution in [0.25, 0.3) is 10.4 Å². The molecule has 0 N–H and O–H groups in total. The van der Waals surface area contributed by atoms with E-state index < -0.39 is 0 Å². The first-order chi connectivity index (χ1) is 6.77. The van der Waals surface area contributed by atoms with Gasteiger partial charge in [0.15, 0.2) is 0 Å². The van der Waals surface area contributed by atoms with Crippen LogP contribution in [0.1, 0.15) is 5.56 Å². The molecule has 0 bridgehead atoms.